The van der Waals surface area contributed by atoms with Crippen LogP contribution in [-0.4, -0.2) is 47.1 Å². The quantitative estimate of drug-likeness (QED) is 0.726. The highest BCUT2D eigenvalue weighted by atomic mass is 16.5. The number of aromatic amines is 2. The summed E-state index contributed by atoms with van der Waals surface area (Å²) in [6, 6.07) is 12.8. The summed E-state index contributed by atoms with van der Waals surface area (Å²) in [5, 5.41) is 0.414. The monoisotopic (exact) mass is 379 g/mol. The van der Waals surface area contributed by atoms with Gasteiger partial charge >= 0.3 is 5.69 Å². The number of benzene rings is 2. The fourth-order valence-corrected chi connectivity index (χ4v) is 3.78. The first-order chi connectivity index (χ1) is 13.6. The van der Waals surface area contributed by atoms with Gasteiger partial charge in [0.05, 0.1) is 23.6 Å². The maximum Gasteiger partial charge on any atom is 0.326 e. The molecular formula is C21H21N3O4. The lowest BCUT2D eigenvalue weighted by Gasteiger charge is -2.24. The number of hydrogen-bond acceptors (Lipinski definition) is 4. The summed E-state index contributed by atoms with van der Waals surface area (Å²) in [6.45, 7) is 1.30. The molecule has 0 spiro atoms. The molecule has 3 aromatic rings. The van der Waals surface area contributed by atoms with Crippen molar-refractivity contribution in [2.45, 2.75) is 18.9 Å². The van der Waals surface area contributed by atoms with E-state index in [0.717, 1.165) is 30.5 Å². The summed E-state index contributed by atoms with van der Waals surface area (Å²) < 4.78 is 5.23. The number of carbonyl (C=O) groups is 1. The van der Waals surface area contributed by atoms with E-state index in [1.165, 1.54) is 0 Å². The van der Waals surface area contributed by atoms with Gasteiger partial charge in [0.15, 0.2) is 0 Å². The highest BCUT2D eigenvalue weighted by molar-refractivity contribution is 5.95. The van der Waals surface area contributed by atoms with Gasteiger partial charge in [0.25, 0.3) is 11.5 Å². The molecule has 0 aliphatic carbocycles. The molecule has 2 N–H and O–H groups in total. The van der Waals surface area contributed by atoms with Crippen LogP contribution in [0.1, 0.15) is 23.2 Å². The molecule has 1 aliphatic heterocycles. The van der Waals surface area contributed by atoms with E-state index in [1.807, 2.05) is 23.1 Å². The Balaban J connectivity index is 1.61. The Bertz CT molecular complexity index is 1130. The van der Waals surface area contributed by atoms with Gasteiger partial charge in [0.2, 0.25) is 0 Å². The maximum atomic E-state index is 12.8. The summed E-state index contributed by atoms with van der Waals surface area (Å²) in [5.41, 5.74) is 1.89. The molecule has 0 radical (unpaired) electrons. The number of rotatable bonds is 4. The third-order valence-electron chi connectivity index (χ3n) is 5.20. The molecule has 0 bridgehead atoms. The highest BCUT2D eigenvalue weighted by Gasteiger charge is 2.29. The van der Waals surface area contributed by atoms with Crippen LogP contribution in [0.4, 0.5) is 0 Å². The molecule has 1 fully saturated rings. The lowest BCUT2D eigenvalue weighted by atomic mass is 10.0. The van der Waals surface area contributed by atoms with E-state index in [-0.39, 0.29) is 11.9 Å². The average molecular weight is 379 g/mol. The number of H-pyrrole nitrogens is 2. The summed E-state index contributed by atoms with van der Waals surface area (Å²) in [6.07, 6.45) is 1.96. The van der Waals surface area contributed by atoms with Crippen LogP contribution in [0, 0.1) is 0 Å². The van der Waals surface area contributed by atoms with Crippen molar-refractivity contribution in [2.75, 3.05) is 20.3 Å². The number of methoxy groups -OCH3 is 1. The fourth-order valence-electron chi connectivity index (χ4n) is 3.78. The summed E-state index contributed by atoms with van der Waals surface area (Å²) in [7, 11) is 1.65. The third-order valence-corrected chi connectivity index (χ3v) is 5.20. The number of hydrogen-bond donors (Lipinski definition) is 2. The smallest absolute Gasteiger partial charge is 0.326 e. The first-order valence-electron chi connectivity index (χ1n) is 9.23. The SMILES string of the molecule is COCC1CCCN1C(=O)c1ccc(-c2ccc3[nH]c(=O)[nH]c(=O)c3c2)cc1. The number of carbonyl (C=O) groups excluding carboxylic acids is 1. The van der Waals surface area contributed by atoms with Crippen molar-refractivity contribution < 1.29 is 9.53 Å². The normalized spacial score (nSPS) is 16.6. The number of aromatic nitrogens is 2. The molecule has 144 valence electrons. The van der Waals surface area contributed by atoms with Crippen LogP contribution < -0.4 is 11.2 Å². The standard InChI is InChI=1S/C21H21N3O4/c1-28-12-16-3-2-10-24(16)20(26)14-6-4-13(5-7-14)15-8-9-18-17(11-15)19(25)23-21(27)22-18/h4-9,11,16H,2-3,10,12H2,1H3,(H2,22,23,25,27). The van der Waals surface area contributed by atoms with Gasteiger partial charge in [-0.25, -0.2) is 4.79 Å². The first-order valence-corrected chi connectivity index (χ1v) is 9.23. The van der Waals surface area contributed by atoms with Gasteiger partial charge in [-0.15, -0.1) is 0 Å². The zero-order chi connectivity index (χ0) is 19.7. The van der Waals surface area contributed by atoms with Crippen molar-refractivity contribution in [3.8, 4) is 11.1 Å². The number of likely N-dealkylation sites (tertiary alicyclic amines) is 1. The van der Waals surface area contributed by atoms with Gasteiger partial charge in [-0.05, 0) is 48.2 Å². The number of amides is 1. The van der Waals surface area contributed by atoms with E-state index in [1.54, 1.807) is 31.4 Å². The zero-order valence-electron chi connectivity index (χ0n) is 15.5. The number of fused-ring (bicyclic) bond motifs is 1. The molecule has 4 rings (SSSR count). The molecule has 1 saturated heterocycles. The van der Waals surface area contributed by atoms with Gasteiger partial charge in [0.1, 0.15) is 0 Å². The van der Waals surface area contributed by atoms with Gasteiger partial charge < -0.3 is 14.6 Å². The molecule has 2 heterocycles. The average Bonchev–Trinajstić information content (AvgIpc) is 3.16. The summed E-state index contributed by atoms with van der Waals surface area (Å²) >= 11 is 0. The minimum Gasteiger partial charge on any atom is -0.383 e. The molecular weight excluding hydrogens is 358 g/mol. The Hall–Kier alpha value is -3.19. The van der Waals surface area contributed by atoms with E-state index in [4.69, 9.17) is 4.74 Å². The minimum atomic E-state index is -0.526. The van der Waals surface area contributed by atoms with Gasteiger partial charge in [0, 0.05) is 19.2 Å². The molecule has 1 aliphatic rings. The molecule has 7 nitrogen and oxygen atoms in total. The second-order valence-electron chi connectivity index (χ2n) is 7.00. The Morgan fingerprint density at radius 2 is 1.86 bits per heavy atom. The zero-order valence-corrected chi connectivity index (χ0v) is 15.5. The third kappa shape index (κ3) is 3.36. The van der Waals surface area contributed by atoms with Crippen molar-refractivity contribution in [3.63, 3.8) is 0 Å². The second-order valence-corrected chi connectivity index (χ2v) is 7.00. The topological polar surface area (TPSA) is 95.3 Å². The maximum absolute atomic E-state index is 12.8. The van der Waals surface area contributed by atoms with Crippen LogP contribution in [0.3, 0.4) is 0 Å². The van der Waals surface area contributed by atoms with Crippen LogP contribution in [0.2, 0.25) is 0 Å². The van der Waals surface area contributed by atoms with Gasteiger partial charge in [-0.1, -0.05) is 18.2 Å². The van der Waals surface area contributed by atoms with E-state index >= 15 is 0 Å². The van der Waals surface area contributed by atoms with Crippen molar-refractivity contribution >= 4 is 16.8 Å². The number of nitrogens with one attached hydrogen (secondary N) is 2. The van der Waals surface area contributed by atoms with Gasteiger partial charge in [-0.3, -0.25) is 14.6 Å². The number of ether oxygens (including phenoxy) is 1. The molecule has 7 heteroatoms. The molecule has 1 atom stereocenters. The Morgan fingerprint density at radius 3 is 2.61 bits per heavy atom. The second kappa shape index (κ2) is 7.44. The highest BCUT2D eigenvalue weighted by Crippen LogP contribution is 2.24. The Labute approximate surface area is 161 Å². The van der Waals surface area contributed by atoms with E-state index in [2.05, 4.69) is 9.97 Å². The van der Waals surface area contributed by atoms with E-state index < -0.39 is 11.2 Å². The Morgan fingerprint density at radius 1 is 1.11 bits per heavy atom. The van der Waals surface area contributed by atoms with Crippen molar-refractivity contribution in [3.05, 3.63) is 68.9 Å². The summed E-state index contributed by atoms with van der Waals surface area (Å²) in [4.78, 5) is 42.9. The molecule has 2 aromatic carbocycles. The molecule has 1 amide bonds. The first kappa shape index (κ1) is 18.2. The van der Waals surface area contributed by atoms with Crippen molar-refractivity contribution in [1.29, 1.82) is 0 Å². The van der Waals surface area contributed by atoms with E-state index in [0.29, 0.717) is 23.1 Å². The predicted octanol–water partition coefficient (Wildman–Crippen LogP) is 2.13. The van der Waals surface area contributed by atoms with Crippen LogP contribution in [0.25, 0.3) is 22.0 Å². The predicted molar refractivity (Wildman–Crippen MR) is 107 cm³/mol. The van der Waals surface area contributed by atoms with Crippen LogP contribution in [0.15, 0.2) is 52.1 Å². The lowest BCUT2D eigenvalue weighted by molar-refractivity contribution is 0.0630. The lowest BCUT2D eigenvalue weighted by Crippen LogP contribution is -2.38. The Kier molecular flexibility index (Phi) is 4.83. The fraction of sp³-hybridized carbons (Fsp3) is 0.286. The van der Waals surface area contributed by atoms with Crippen molar-refractivity contribution in [1.82, 2.24) is 14.9 Å². The molecule has 1 aromatic heterocycles. The minimum absolute atomic E-state index is 0.0126. The summed E-state index contributed by atoms with van der Waals surface area (Å²) in [5.74, 6) is 0.0126. The van der Waals surface area contributed by atoms with Crippen LogP contribution in [0.5, 0.6) is 0 Å². The van der Waals surface area contributed by atoms with Crippen molar-refractivity contribution in [2.24, 2.45) is 0 Å². The van der Waals surface area contributed by atoms with Gasteiger partial charge in [-0.2, -0.15) is 0 Å². The molecule has 1 unspecified atom stereocenters. The molecule has 28 heavy (non-hydrogen) atoms. The van der Waals surface area contributed by atoms with Crippen LogP contribution >= 0.6 is 0 Å². The molecule has 0 saturated carbocycles. The van der Waals surface area contributed by atoms with Crippen LogP contribution in [-0.2, 0) is 4.74 Å². The van der Waals surface area contributed by atoms with E-state index in [9.17, 15) is 14.4 Å². The largest absolute Gasteiger partial charge is 0.383 e. The number of nitrogens with zero attached hydrogens (tertiary/aromatic N) is 1.